The predicted octanol–water partition coefficient (Wildman–Crippen LogP) is 11.9. The Bertz CT molecular complexity index is 2840. The maximum absolute atomic E-state index is 5.18. The molecule has 0 bridgehead atoms. The third-order valence-corrected chi connectivity index (χ3v) is 10.7. The van der Waals surface area contributed by atoms with Crippen molar-refractivity contribution in [1.29, 1.82) is 0 Å². The highest BCUT2D eigenvalue weighted by atomic mass is 15.1. The second-order valence-electron chi connectivity index (χ2n) is 14.4. The van der Waals surface area contributed by atoms with E-state index < -0.39 is 0 Å². The maximum atomic E-state index is 5.18. The molecule has 5 nitrogen and oxygen atoms in total. The van der Waals surface area contributed by atoms with Gasteiger partial charge in [-0.25, -0.2) is 19.9 Å². The molecular weight excluding hydrogens is 659 g/mol. The molecule has 7 aromatic carbocycles. The molecule has 5 heteroatoms. The summed E-state index contributed by atoms with van der Waals surface area (Å²) in [6.45, 7) is 4.64. The normalized spacial score (nSPS) is 12.8. The number of para-hydroxylation sites is 3. The number of fused-ring (bicyclic) bond motifs is 4. The van der Waals surface area contributed by atoms with Crippen LogP contribution < -0.4 is 0 Å². The molecule has 0 aliphatic heterocycles. The number of nitrogens with zero attached hydrogens (tertiary/aromatic N) is 5. The Morgan fingerprint density at radius 3 is 1.57 bits per heavy atom. The predicted molar refractivity (Wildman–Crippen MR) is 219 cm³/mol. The lowest BCUT2D eigenvalue weighted by Gasteiger charge is -2.22. The van der Waals surface area contributed by atoms with Gasteiger partial charge in [0.15, 0.2) is 17.5 Å². The second kappa shape index (κ2) is 12.6. The molecule has 2 heterocycles. The fourth-order valence-corrected chi connectivity index (χ4v) is 7.89. The Labute approximate surface area is 314 Å². The lowest BCUT2D eigenvalue weighted by atomic mass is 9.81. The van der Waals surface area contributed by atoms with E-state index in [1.165, 1.54) is 33.4 Å². The fraction of sp³-hybridized carbons (Fsp3) is 0.0612. The van der Waals surface area contributed by atoms with E-state index in [9.17, 15) is 0 Å². The second-order valence-corrected chi connectivity index (χ2v) is 14.4. The van der Waals surface area contributed by atoms with Crippen molar-refractivity contribution in [3.05, 3.63) is 187 Å². The summed E-state index contributed by atoms with van der Waals surface area (Å²) < 4.78 is 2.22. The van der Waals surface area contributed by atoms with Crippen LogP contribution in [0.5, 0.6) is 0 Å². The zero-order valence-corrected chi connectivity index (χ0v) is 30.0. The summed E-state index contributed by atoms with van der Waals surface area (Å²) in [7, 11) is 0. The van der Waals surface area contributed by atoms with Gasteiger partial charge in [0.1, 0.15) is 5.82 Å². The highest BCUT2D eigenvalue weighted by molar-refractivity contribution is 5.86. The number of hydrogen-bond acceptors (Lipinski definition) is 4. The van der Waals surface area contributed by atoms with Crippen LogP contribution in [-0.2, 0) is 5.41 Å². The molecule has 9 aromatic rings. The smallest absolute Gasteiger partial charge is 0.164 e. The van der Waals surface area contributed by atoms with Crippen LogP contribution in [0.2, 0.25) is 0 Å². The average Bonchev–Trinajstić information content (AvgIpc) is 3.74. The number of benzene rings is 7. The van der Waals surface area contributed by atoms with Crippen molar-refractivity contribution in [2.75, 3.05) is 0 Å². The van der Waals surface area contributed by atoms with Gasteiger partial charge in [-0.05, 0) is 75.8 Å². The van der Waals surface area contributed by atoms with Crippen LogP contribution in [0.15, 0.2) is 176 Å². The number of imidazole rings is 1. The lowest BCUT2D eigenvalue weighted by molar-refractivity contribution is 0.661. The van der Waals surface area contributed by atoms with E-state index in [1.54, 1.807) is 0 Å². The summed E-state index contributed by atoms with van der Waals surface area (Å²) >= 11 is 0. The van der Waals surface area contributed by atoms with Crippen LogP contribution in [0.4, 0.5) is 0 Å². The van der Waals surface area contributed by atoms with Gasteiger partial charge in [-0.3, -0.25) is 4.57 Å². The molecule has 0 saturated heterocycles. The van der Waals surface area contributed by atoms with Crippen LogP contribution in [0.25, 0.3) is 84.5 Å². The van der Waals surface area contributed by atoms with Gasteiger partial charge in [0.2, 0.25) is 0 Å². The molecule has 10 rings (SSSR count). The lowest BCUT2D eigenvalue weighted by Crippen LogP contribution is -2.15. The Balaban J connectivity index is 1.10. The number of hydrogen-bond donors (Lipinski definition) is 0. The van der Waals surface area contributed by atoms with Gasteiger partial charge in [-0.2, -0.15) is 0 Å². The minimum absolute atomic E-state index is 0.206. The first-order chi connectivity index (χ1) is 26.5. The first-order valence-electron chi connectivity index (χ1n) is 18.3. The summed E-state index contributed by atoms with van der Waals surface area (Å²) in [5.74, 6) is 2.74. The third-order valence-electron chi connectivity index (χ3n) is 10.7. The fourth-order valence-electron chi connectivity index (χ4n) is 7.89. The van der Waals surface area contributed by atoms with E-state index in [4.69, 9.17) is 19.9 Å². The highest BCUT2D eigenvalue weighted by Gasteiger charge is 2.36. The van der Waals surface area contributed by atoms with Crippen LogP contribution in [-0.4, -0.2) is 24.5 Å². The topological polar surface area (TPSA) is 56.5 Å². The molecule has 0 atom stereocenters. The zero-order valence-electron chi connectivity index (χ0n) is 30.0. The van der Waals surface area contributed by atoms with Gasteiger partial charge in [0.25, 0.3) is 0 Å². The van der Waals surface area contributed by atoms with Gasteiger partial charge < -0.3 is 0 Å². The number of rotatable bonds is 6. The van der Waals surface area contributed by atoms with E-state index in [0.29, 0.717) is 17.5 Å². The molecule has 0 N–H and O–H groups in total. The summed E-state index contributed by atoms with van der Waals surface area (Å²) in [6.07, 6.45) is 0. The minimum Gasteiger partial charge on any atom is -0.292 e. The van der Waals surface area contributed by atoms with E-state index in [2.05, 4.69) is 152 Å². The highest BCUT2D eigenvalue weighted by Crippen LogP contribution is 2.50. The molecular formula is C49H35N5. The SMILES string of the molecule is CC1(C)c2cc(-c3ccccc3)ccc2-c2ccc(-c3nc(-c4ccccc4)nc(-c4cccc(-c5nc6ccccc6n5-c5ccccc5)c4)n3)cc21. The molecule has 0 unspecified atom stereocenters. The van der Waals surface area contributed by atoms with E-state index in [-0.39, 0.29) is 5.41 Å². The number of aromatic nitrogens is 5. The first-order valence-corrected chi connectivity index (χ1v) is 18.3. The van der Waals surface area contributed by atoms with E-state index in [0.717, 1.165) is 44.8 Å². The summed E-state index contributed by atoms with van der Waals surface area (Å²) in [5, 5.41) is 0. The summed E-state index contributed by atoms with van der Waals surface area (Å²) in [5.41, 5.74) is 14.2. The quantitative estimate of drug-likeness (QED) is 0.174. The van der Waals surface area contributed by atoms with Crippen LogP contribution in [0, 0.1) is 0 Å². The van der Waals surface area contributed by atoms with Gasteiger partial charge >= 0.3 is 0 Å². The monoisotopic (exact) mass is 693 g/mol. The molecule has 0 radical (unpaired) electrons. The van der Waals surface area contributed by atoms with E-state index >= 15 is 0 Å². The van der Waals surface area contributed by atoms with Crippen molar-refractivity contribution in [3.8, 4) is 73.5 Å². The van der Waals surface area contributed by atoms with Crippen molar-refractivity contribution in [1.82, 2.24) is 24.5 Å². The zero-order chi connectivity index (χ0) is 36.2. The van der Waals surface area contributed by atoms with Gasteiger partial charge in [-0.1, -0.05) is 147 Å². The minimum atomic E-state index is -0.206. The Hall–Kier alpha value is -6.98. The van der Waals surface area contributed by atoms with Gasteiger partial charge in [-0.15, -0.1) is 0 Å². The van der Waals surface area contributed by atoms with Crippen LogP contribution in [0.3, 0.4) is 0 Å². The molecule has 0 fully saturated rings. The van der Waals surface area contributed by atoms with Crippen molar-refractivity contribution in [2.24, 2.45) is 0 Å². The maximum Gasteiger partial charge on any atom is 0.164 e. The van der Waals surface area contributed by atoms with E-state index in [1.807, 2.05) is 42.5 Å². The molecule has 1 aliphatic carbocycles. The van der Waals surface area contributed by atoms with Crippen LogP contribution >= 0.6 is 0 Å². The molecule has 54 heavy (non-hydrogen) atoms. The van der Waals surface area contributed by atoms with Crippen molar-refractivity contribution < 1.29 is 0 Å². The average molecular weight is 694 g/mol. The first kappa shape index (κ1) is 31.7. The van der Waals surface area contributed by atoms with Crippen LogP contribution in [0.1, 0.15) is 25.0 Å². The molecule has 0 spiro atoms. The molecule has 0 amide bonds. The Kier molecular flexibility index (Phi) is 7.41. The largest absolute Gasteiger partial charge is 0.292 e. The summed E-state index contributed by atoms with van der Waals surface area (Å²) in [6, 6.07) is 61.3. The molecule has 1 aliphatic rings. The van der Waals surface area contributed by atoms with Gasteiger partial charge in [0, 0.05) is 33.4 Å². The standard InChI is InChI=1S/C49H35N5/c1-49(2)41-30-34(32-15-6-3-7-16-32)25-27-39(41)40-28-26-36(31-42(40)49)47-52-45(33-17-8-4-9-18-33)51-46(53-47)35-19-14-20-37(29-35)48-50-43-23-12-13-24-44(43)54(48)38-21-10-5-11-22-38/h3-31H,1-2H3. The third kappa shape index (κ3) is 5.32. The molecule has 256 valence electrons. The van der Waals surface area contributed by atoms with Crippen molar-refractivity contribution >= 4 is 11.0 Å². The summed E-state index contributed by atoms with van der Waals surface area (Å²) in [4.78, 5) is 20.5. The van der Waals surface area contributed by atoms with Gasteiger partial charge in [0.05, 0.1) is 11.0 Å². The molecule has 2 aromatic heterocycles. The Morgan fingerprint density at radius 2 is 0.889 bits per heavy atom. The van der Waals surface area contributed by atoms with Crippen molar-refractivity contribution in [2.45, 2.75) is 19.3 Å². The van der Waals surface area contributed by atoms with Crippen molar-refractivity contribution in [3.63, 3.8) is 0 Å². The Morgan fingerprint density at radius 1 is 0.389 bits per heavy atom. The molecule has 0 saturated carbocycles.